The Balaban J connectivity index is 2.24. The van der Waals surface area contributed by atoms with E-state index in [1.54, 1.807) is 7.11 Å². The zero-order valence-electron chi connectivity index (χ0n) is 9.58. The molecule has 1 atom stereocenters. The summed E-state index contributed by atoms with van der Waals surface area (Å²) in [6.45, 7) is 0. The largest absolute Gasteiger partial charge is 0.496 e. The monoisotopic (exact) mass is 283 g/mol. The molecule has 1 aliphatic carbocycles. The quantitative estimate of drug-likeness (QED) is 0.919. The van der Waals surface area contributed by atoms with Crippen LogP contribution in [0.2, 0.25) is 0 Å². The molecule has 0 amide bonds. The SMILES string of the molecule is COc1cc(Br)ccc1[C@H](N)C1CCCC1. The van der Waals surface area contributed by atoms with Crippen LogP contribution in [0.15, 0.2) is 22.7 Å². The minimum Gasteiger partial charge on any atom is -0.496 e. The Morgan fingerprint density at radius 2 is 2.06 bits per heavy atom. The molecule has 1 aromatic rings. The normalized spacial score (nSPS) is 18.7. The van der Waals surface area contributed by atoms with E-state index in [0.29, 0.717) is 5.92 Å². The Morgan fingerprint density at radius 1 is 1.38 bits per heavy atom. The molecule has 0 spiro atoms. The number of halogens is 1. The average Bonchev–Trinajstić information content (AvgIpc) is 2.81. The smallest absolute Gasteiger partial charge is 0.124 e. The Bertz CT molecular complexity index is 361. The van der Waals surface area contributed by atoms with E-state index in [0.717, 1.165) is 15.8 Å². The van der Waals surface area contributed by atoms with Gasteiger partial charge in [-0.1, -0.05) is 34.8 Å². The van der Waals surface area contributed by atoms with Crippen LogP contribution in [0.5, 0.6) is 5.75 Å². The second kappa shape index (κ2) is 5.19. The van der Waals surface area contributed by atoms with E-state index < -0.39 is 0 Å². The van der Waals surface area contributed by atoms with Crippen molar-refractivity contribution in [1.82, 2.24) is 0 Å². The highest BCUT2D eigenvalue weighted by molar-refractivity contribution is 9.10. The Labute approximate surface area is 105 Å². The number of nitrogens with two attached hydrogens (primary N) is 1. The summed E-state index contributed by atoms with van der Waals surface area (Å²) in [5.74, 6) is 1.52. The zero-order chi connectivity index (χ0) is 11.5. The zero-order valence-corrected chi connectivity index (χ0v) is 11.2. The van der Waals surface area contributed by atoms with Gasteiger partial charge in [0.25, 0.3) is 0 Å². The lowest BCUT2D eigenvalue weighted by Gasteiger charge is -2.21. The molecule has 16 heavy (non-hydrogen) atoms. The van der Waals surface area contributed by atoms with Gasteiger partial charge in [-0.3, -0.25) is 0 Å². The van der Waals surface area contributed by atoms with Gasteiger partial charge in [0, 0.05) is 16.1 Å². The number of hydrogen-bond acceptors (Lipinski definition) is 2. The first-order valence-corrected chi connectivity index (χ1v) is 6.60. The molecule has 2 N–H and O–H groups in total. The van der Waals surface area contributed by atoms with Gasteiger partial charge in [-0.2, -0.15) is 0 Å². The van der Waals surface area contributed by atoms with E-state index in [4.69, 9.17) is 10.5 Å². The van der Waals surface area contributed by atoms with Gasteiger partial charge < -0.3 is 10.5 Å². The van der Waals surface area contributed by atoms with E-state index in [1.807, 2.05) is 12.1 Å². The maximum Gasteiger partial charge on any atom is 0.124 e. The van der Waals surface area contributed by atoms with Gasteiger partial charge in [-0.05, 0) is 30.9 Å². The van der Waals surface area contributed by atoms with Crippen LogP contribution < -0.4 is 10.5 Å². The lowest BCUT2D eigenvalue weighted by Crippen LogP contribution is -2.19. The highest BCUT2D eigenvalue weighted by atomic mass is 79.9. The van der Waals surface area contributed by atoms with Crippen LogP contribution in [0.25, 0.3) is 0 Å². The summed E-state index contributed by atoms with van der Waals surface area (Å²) in [7, 11) is 1.70. The van der Waals surface area contributed by atoms with Crippen molar-refractivity contribution < 1.29 is 4.74 Å². The van der Waals surface area contributed by atoms with Crippen LogP contribution in [-0.2, 0) is 0 Å². The molecule has 2 nitrogen and oxygen atoms in total. The molecular weight excluding hydrogens is 266 g/mol. The molecule has 1 aliphatic rings. The van der Waals surface area contributed by atoms with E-state index in [2.05, 4.69) is 22.0 Å². The van der Waals surface area contributed by atoms with Crippen LogP contribution in [0.1, 0.15) is 37.3 Å². The third kappa shape index (κ3) is 2.41. The molecule has 0 aliphatic heterocycles. The van der Waals surface area contributed by atoms with Crippen molar-refractivity contribution in [2.24, 2.45) is 11.7 Å². The first kappa shape index (κ1) is 11.9. The first-order valence-electron chi connectivity index (χ1n) is 5.81. The van der Waals surface area contributed by atoms with Gasteiger partial charge in [0.05, 0.1) is 7.11 Å². The molecule has 0 bridgehead atoms. The molecule has 1 aromatic carbocycles. The van der Waals surface area contributed by atoms with Crippen molar-refractivity contribution in [2.45, 2.75) is 31.7 Å². The van der Waals surface area contributed by atoms with Crippen molar-refractivity contribution in [3.63, 3.8) is 0 Å². The predicted molar refractivity (Wildman–Crippen MR) is 69.6 cm³/mol. The third-order valence-electron chi connectivity index (χ3n) is 3.46. The average molecular weight is 284 g/mol. The van der Waals surface area contributed by atoms with Crippen molar-refractivity contribution in [3.05, 3.63) is 28.2 Å². The summed E-state index contributed by atoms with van der Waals surface area (Å²) in [6, 6.07) is 6.22. The Kier molecular flexibility index (Phi) is 3.87. The first-order chi connectivity index (χ1) is 7.72. The van der Waals surface area contributed by atoms with Crippen LogP contribution in [0.4, 0.5) is 0 Å². The van der Waals surface area contributed by atoms with Gasteiger partial charge in [-0.15, -0.1) is 0 Å². The molecular formula is C13H18BrNO. The summed E-state index contributed by atoms with van der Waals surface area (Å²) < 4.78 is 6.43. The molecule has 0 unspecified atom stereocenters. The van der Waals surface area contributed by atoms with Gasteiger partial charge in [-0.25, -0.2) is 0 Å². The number of rotatable bonds is 3. The van der Waals surface area contributed by atoms with Crippen molar-refractivity contribution >= 4 is 15.9 Å². The van der Waals surface area contributed by atoms with Gasteiger partial charge in [0.15, 0.2) is 0 Å². The highest BCUT2D eigenvalue weighted by Crippen LogP contribution is 2.38. The molecule has 1 saturated carbocycles. The summed E-state index contributed by atoms with van der Waals surface area (Å²) in [5, 5.41) is 0. The second-order valence-electron chi connectivity index (χ2n) is 4.46. The molecule has 0 aromatic heterocycles. The number of ether oxygens (including phenoxy) is 1. The fraction of sp³-hybridized carbons (Fsp3) is 0.538. The highest BCUT2D eigenvalue weighted by Gasteiger charge is 2.25. The number of methoxy groups -OCH3 is 1. The minimum atomic E-state index is 0.116. The number of benzene rings is 1. The summed E-state index contributed by atoms with van der Waals surface area (Å²) >= 11 is 3.45. The maximum atomic E-state index is 6.33. The van der Waals surface area contributed by atoms with Gasteiger partial charge in [0.1, 0.15) is 5.75 Å². The van der Waals surface area contributed by atoms with E-state index in [-0.39, 0.29) is 6.04 Å². The predicted octanol–water partition coefficient (Wildman–Crippen LogP) is 3.65. The van der Waals surface area contributed by atoms with Crippen molar-refractivity contribution in [2.75, 3.05) is 7.11 Å². The van der Waals surface area contributed by atoms with Crippen molar-refractivity contribution in [1.29, 1.82) is 0 Å². The van der Waals surface area contributed by atoms with Gasteiger partial charge >= 0.3 is 0 Å². The lowest BCUT2D eigenvalue weighted by molar-refractivity contribution is 0.385. The maximum absolute atomic E-state index is 6.33. The molecule has 1 fully saturated rings. The summed E-state index contributed by atoms with van der Waals surface area (Å²) in [5.41, 5.74) is 7.47. The fourth-order valence-electron chi connectivity index (χ4n) is 2.53. The third-order valence-corrected chi connectivity index (χ3v) is 3.96. The van der Waals surface area contributed by atoms with Crippen LogP contribution in [-0.4, -0.2) is 7.11 Å². The van der Waals surface area contributed by atoms with E-state index >= 15 is 0 Å². The molecule has 0 heterocycles. The fourth-order valence-corrected chi connectivity index (χ4v) is 2.87. The summed E-state index contributed by atoms with van der Waals surface area (Å²) in [4.78, 5) is 0. The number of hydrogen-bond donors (Lipinski definition) is 1. The molecule has 3 heteroatoms. The lowest BCUT2D eigenvalue weighted by atomic mass is 9.92. The minimum absolute atomic E-state index is 0.116. The Hall–Kier alpha value is -0.540. The molecule has 0 radical (unpaired) electrons. The van der Waals surface area contributed by atoms with Crippen LogP contribution in [0, 0.1) is 5.92 Å². The standard InChI is InChI=1S/C13H18BrNO/c1-16-12-8-10(14)6-7-11(12)13(15)9-4-2-3-5-9/h6-9,13H,2-5,15H2,1H3/t13-/m1/s1. The van der Waals surface area contributed by atoms with Crippen LogP contribution in [0.3, 0.4) is 0 Å². The Morgan fingerprint density at radius 3 is 2.69 bits per heavy atom. The van der Waals surface area contributed by atoms with E-state index in [1.165, 1.54) is 25.7 Å². The molecule has 0 saturated heterocycles. The molecule has 88 valence electrons. The topological polar surface area (TPSA) is 35.2 Å². The van der Waals surface area contributed by atoms with E-state index in [9.17, 15) is 0 Å². The van der Waals surface area contributed by atoms with Crippen LogP contribution >= 0.6 is 15.9 Å². The van der Waals surface area contributed by atoms with Crippen molar-refractivity contribution in [3.8, 4) is 5.75 Å². The molecule has 2 rings (SSSR count). The summed E-state index contributed by atoms with van der Waals surface area (Å²) in [6.07, 6.45) is 5.13. The van der Waals surface area contributed by atoms with Gasteiger partial charge in [0.2, 0.25) is 0 Å². The second-order valence-corrected chi connectivity index (χ2v) is 5.37.